The number of esters is 1. The Kier molecular flexibility index (Phi) is 4.87. The Hall–Kier alpha value is -2.11. The van der Waals surface area contributed by atoms with Crippen molar-refractivity contribution >= 4 is 17.7 Å². The number of hydrogen-bond donors (Lipinski definition) is 0. The predicted octanol–water partition coefficient (Wildman–Crippen LogP) is 3.50. The molecular formula is C18H24FNO4. The number of alkyl halides is 1. The normalized spacial score (nSPS) is 23.9. The minimum atomic E-state index is -2.19. The number of rotatable bonds is 1. The van der Waals surface area contributed by atoms with E-state index in [1.54, 1.807) is 52.0 Å². The Morgan fingerprint density at radius 1 is 1.29 bits per heavy atom. The Morgan fingerprint density at radius 2 is 1.92 bits per heavy atom. The van der Waals surface area contributed by atoms with Crippen molar-refractivity contribution in [1.82, 2.24) is 0 Å². The van der Waals surface area contributed by atoms with Crippen molar-refractivity contribution in [1.29, 1.82) is 0 Å². The van der Waals surface area contributed by atoms with E-state index in [4.69, 9.17) is 4.74 Å². The summed E-state index contributed by atoms with van der Waals surface area (Å²) in [6, 6.07) is 6.96. The first-order valence-corrected chi connectivity index (χ1v) is 7.94. The quantitative estimate of drug-likeness (QED) is 0.736. The SMILES string of the molecule is COC(=O)C1(F)Cc2ccccc2N(C(=O)OC(C)(C)C)C[C@H]1C. The summed E-state index contributed by atoms with van der Waals surface area (Å²) < 4.78 is 25.5. The van der Waals surface area contributed by atoms with Gasteiger partial charge in [0.15, 0.2) is 0 Å². The number of ether oxygens (including phenoxy) is 2. The maximum absolute atomic E-state index is 15.4. The fraction of sp³-hybridized carbons (Fsp3) is 0.556. The van der Waals surface area contributed by atoms with Gasteiger partial charge in [-0.25, -0.2) is 14.0 Å². The number of para-hydroxylation sites is 1. The van der Waals surface area contributed by atoms with Gasteiger partial charge in [0.2, 0.25) is 5.67 Å². The molecule has 0 saturated heterocycles. The van der Waals surface area contributed by atoms with Gasteiger partial charge >= 0.3 is 12.1 Å². The van der Waals surface area contributed by atoms with Gasteiger partial charge in [-0.1, -0.05) is 25.1 Å². The minimum absolute atomic E-state index is 0.0253. The van der Waals surface area contributed by atoms with E-state index in [2.05, 4.69) is 4.74 Å². The Labute approximate surface area is 141 Å². The molecule has 132 valence electrons. The molecule has 0 spiro atoms. The van der Waals surface area contributed by atoms with Gasteiger partial charge < -0.3 is 9.47 Å². The second kappa shape index (κ2) is 6.42. The van der Waals surface area contributed by atoms with Gasteiger partial charge in [-0.2, -0.15) is 0 Å². The first kappa shape index (κ1) is 18.2. The van der Waals surface area contributed by atoms with E-state index in [1.165, 1.54) is 12.0 Å². The van der Waals surface area contributed by atoms with Crippen LogP contribution in [0.5, 0.6) is 0 Å². The molecule has 2 atom stereocenters. The van der Waals surface area contributed by atoms with Crippen molar-refractivity contribution in [2.45, 2.75) is 45.4 Å². The average molecular weight is 337 g/mol. The van der Waals surface area contributed by atoms with Crippen molar-refractivity contribution < 1.29 is 23.5 Å². The summed E-state index contributed by atoms with van der Waals surface area (Å²) in [5, 5.41) is 0. The highest BCUT2D eigenvalue weighted by molar-refractivity contribution is 5.90. The summed E-state index contributed by atoms with van der Waals surface area (Å²) in [6.07, 6.45) is -0.702. The number of methoxy groups -OCH3 is 1. The number of carbonyl (C=O) groups is 2. The third-order valence-corrected chi connectivity index (χ3v) is 4.11. The lowest BCUT2D eigenvalue weighted by Gasteiger charge is -2.30. The Bertz CT molecular complexity index is 640. The molecule has 0 aromatic heterocycles. The molecule has 1 aliphatic rings. The van der Waals surface area contributed by atoms with E-state index in [0.29, 0.717) is 11.3 Å². The topological polar surface area (TPSA) is 55.8 Å². The van der Waals surface area contributed by atoms with Crippen LogP contribution >= 0.6 is 0 Å². The molecule has 0 bridgehead atoms. The largest absolute Gasteiger partial charge is 0.467 e. The van der Waals surface area contributed by atoms with Crippen LogP contribution in [0.15, 0.2) is 24.3 Å². The molecule has 1 amide bonds. The van der Waals surface area contributed by atoms with Crippen LogP contribution in [0, 0.1) is 5.92 Å². The molecule has 5 nitrogen and oxygen atoms in total. The molecule has 1 heterocycles. The number of benzene rings is 1. The zero-order valence-electron chi connectivity index (χ0n) is 14.8. The lowest BCUT2D eigenvalue weighted by atomic mass is 9.86. The number of halogens is 1. The smallest absolute Gasteiger partial charge is 0.414 e. The van der Waals surface area contributed by atoms with E-state index in [-0.39, 0.29) is 13.0 Å². The fourth-order valence-corrected chi connectivity index (χ4v) is 2.82. The zero-order valence-corrected chi connectivity index (χ0v) is 14.8. The van der Waals surface area contributed by atoms with Crippen LogP contribution in [0.3, 0.4) is 0 Å². The molecular weight excluding hydrogens is 313 g/mol. The van der Waals surface area contributed by atoms with Gasteiger partial charge in [-0.3, -0.25) is 4.90 Å². The molecule has 0 N–H and O–H groups in total. The molecule has 0 saturated carbocycles. The highest BCUT2D eigenvalue weighted by atomic mass is 19.1. The Morgan fingerprint density at radius 3 is 2.50 bits per heavy atom. The minimum Gasteiger partial charge on any atom is -0.467 e. The van der Waals surface area contributed by atoms with E-state index in [1.807, 2.05) is 0 Å². The summed E-state index contributed by atoms with van der Waals surface area (Å²) in [7, 11) is 1.17. The van der Waals surface area contributed by atoms with Gasteiger partial charge in [0, 0.05) is 18.9 Å². The average Bonchev–Trinajstić information content (AvgIpc) is 2.61. The zero-order chi connectivity index (χ0) is 18.1. The molecule has 1 aliphatic heterocycles. The number of anilines is 1. The van der Waals surface area contributed by atoms with Gasteiger partial charge in [0.05, 0.1) is 12.8 Å². The highest BCUT2D eigenvalue weighted by Gasteiger charge is 2.49. The number of carbonyl (C=O) groups excluding carboxylic acids is 2. The maximum Gasteiger partial charge on any atom is 0.414 e. The van der Waals surface area contributed by atoms with E-state index < -0.39 is 29.3 Å². The molecule has 1 unspecified atom stereocenters. The van der Waals surface area contributed by atoms with E-state index in [9.17, 15) is 9.59 Å². The molecule has 2 rings (SSSR count). The first-order valence-electron chi connectivity index (χ1n) is 7.94. The number of amides is 1. The molecule has 1 aromatic rings. The third-order valence-electron chi connectivity index (χ3n) is 4.11. The Balaban J connectivity index is 2.46. The van der Waals surface area contributed by atoms with Crippen molar-refractivity contribution in [2.75, 3.05) is 18.6 Å². The number of hydrogen-bond acceptors (Lipinski definition) is 4. The van der Waals surface area contributed by atoms with Crippen LogP contribution in [0.4, 0.5) is 14.9 Å². The summed E-state index contributed by atoms with van der Waals surface area (Å²) in [4.78, 5) is 26.0. The third kappa shape index (κ3) is 3.52. The van der Waals surface area contributed by atoms with Crippen LogP contribution in [0.25, 0.3) is 0 Å². The van der Waals surface area contributed by atoms with Gasteiger partial charge in [-0.15, -0.1) is 0 Å². The molecule has 0 fully saturated rings. The number of nitrogens with zero attached hydrogens (tertiary/aromatic N) is 1. The van der Waals surface area contributed by atoms with Crippen LogP contribution in [-0.2, 0) is 20.7 Å². The molecule has 24 heavy (non-hydrogen) atoms. The summed E-state index contributed by atoms with van der Waals surface area (Å²) in [5.74, 6) is -1.67. The van der Waals surface area contributed by atoms with E-state index >= 15 is 4.39 Å². The van der Waals surface area contributed by atoms with Crippen LogP contribution in [-0.4, -0.2) is 37.0 Å². The first-order chi connectivity index (χ1) is 11.1. The summed E-state index contributed by atoms with van der Waals surface area (Å²) >= 11 is 0. The van der Waals surface area contributed by atoms with Crippen LogP contribution < -0.4 is 4.90 Å². The summed E-state index contributed by atoms with van der Waals surface area (Å²) in [5.41, 5.74) is -1.74. The lowest BCUT2D eigenvalue weighted by Crippen LogP contribution is -2.47. The van der Waals surface area contributed by atoms with Crippen LogP contribution in [0.1, 0.15) is 33.3 Å². The van der Waals surface area contributed by atoms with E-state index in [0.717, 1.165) is 0 Å². The number of fused-ring (bicyclic) bond motifs is 1. The predicted molar refractivity (Wildman–Crippen MR) is 88.7 cm³/mol. The highest BCUT2D eigenvalue weighted by Crippen LogP contribution is 2.38. The van der Waals surface area contributed by atoms with Crippen molar-refractivity contribution in [3.63, 3.8) is 0 Å². The van der Waals surface area contributed by atoms with Gasteiger partial charge in [0.1, 0.15) is 5.60 Å². The van der Waals surface area contributed by atoms with Crippen LogP contribution in [0.2, 0.25) is 0 Å². The second-order valence-corrected chi connectivity index (χ2v) is 7.15. The van der Waals surface area contributed by atoms with Crippen molar-refractivity contribution in [3.05, 3.63) is 29.8 Å². The molecule has 0 aliphatic carbocycles. The molecule has 6 heteroatoms. The standard InChI is InChI=1S/C18H24FNO4/c1-12-11-20(16(22)24-17(2,3)4)14-9-7-6-8-13(14)10-18(12,19)15(21)23-5/h6-9,12H,10-11H2,1-5H3/t12-,18?/m1/s1. The molecule has 1 aromatic carbocycles. The lowest BCUT2D eigenvalue weighted by molar-refractivity contribution is -0.158. The van der Waals surface area contributed by atoms with Crippen molar-refractivity contribution in [2.24, 2.45) is 5.92 Å². The van der Waals surface area contributed by atoms with Gasteiger partial charge in [0.25, 0.3) is 0 Å². The maximum atomic E-state index is 15.4. The summed E-state index contributed by atoms with van der Waals surface area (Å²) in [6.45, 7) is 6.93. The van der Waals surface area contributed by atoms with Gasteiger partial charge in [-0.05, 0) is 32.4 Å². The monoisotopic (exact) mass is 337 g/mol. The molecule has 0 radical (unpaired) electrons. The fourth-order valence-electron chi connectivity index (χ4n) is 2.82. The van der Waals surface area contributed by atoms with Crippen molar-refractivity contribution in [3.8, 4) is 0 Å². The second-order valence-electron chi connectivity index (χ2n) is 7.15.